The average Bonchev–Trinajstić information content (AvgIpc) is 3.24. The highest BCUT2D eigenvalue weighted by Crippen LogP contribution is 2.24. The van der Waals surface area contributed by atoms with E-state index in [0.29, 0.717) is 27.4 Å². The van der Waals surface area contributed by atoms with Gasteiger partial charge in [0.15, 0.2) is 0 Å². The number of fused-ring (bicyclic) bond motifs is 1. The van der Waals surface area contributed by atoms with E-state index in [4.69, 9.17) is 16.0 Å². The minimum absolute atomic E-state index is 0.367. The van der Waals surface area contributed by atoms with Gasteiger partial charge in [0.1, 0.15) is 11.3 Å². The third-order valence-electron chi connectivity index (χ3n) is 4.90. The van der Waals surface area contributed by atoms with Crippen LogP contribution in [0.4, 0.5) is 5.69 Å². The van der Waals surface area contributed by atoms with Gasteiger partial charge in [0.25, 0.3) is 0 Å². The van der Waals surface area contributed by atoms with Gasteiger partial charge in [-0.1, -0.05) is 48.0 Å². The molecule has 0 spiro atoms. The molecule has 2 heterocycles. The van der Waals surface area contributed by atoms with E-state index < -0.39 is 5.63 Å². The molecule has 6 nitrogen and oxygen atoms in total. The monoisotopic (exact) mass is 440 g/mol. The molecule has 0 bridgehead atoms. The van der Waals surface area contributed by atoms with Crippen molar-refractivity contribution < 1.29 is 4.42 Å². The highest BCUT2D eigenvalue weighted by atomic mass is 35.5. The highest BCUT2D eigenvalue weighted by Gasteiger charge is 2.16. The van der Waals surface area contributed by atoms with Crippen molar-refractivity contribution in [2.75, 3.05) is 5.43 Å². The average molecular weight is 441 g/mol. The number of hydrogen-bond donors (Lipinski definition) is 1. The van der Waals surface area contributed by atoms with E-state index in [1.807, 2.05) is 66.9 Å². The van der Waals surface area contributed by atoms with Gasteiger partial charge < -0.3 is 4.42 Å². The predicted octanol–water partition coefficient (Wildman–Crippen LogP) is 5.75. The SMILES string of the molecule is O=c1oc2ccccc2cc1-c1nn(-c2ccccc2)cc1/C=N/Nc1ccc(Cl)cc1. The molecule has 0 atom stereocenters. The maximum Gasteiger partial charge on any atom is 0.345 e. The number of benzene rings is 3. The van der Waals surface area contributed by atoms with Crippen LogP contribution in [0.2, 0.25) is 5.02 Å². The molecule has 0 radical (unpaired) electrons. The number of rotatable bonds is 5. The van der Waals surface area contributed by atoms with Crippen LogP contribution in [-0.4, -0.2) is 16.0 Å². The van der Waals surface area contributed by atoms with Gasteiger partial charge in [0, 0.05) is 22.2 Å². The smallest absolute Gasteiger partial charge is 0.345 e. The van der Waals surface area contributed by atoms with Gasteiger partial charge in [-0.2, -0.15) is 10.2 Å². The van der Waals surface area contributed by atoms with Gasteiger partial charge >= 0.3 is 5.63 Å². The molecule has 5 rings (SSSR count). The molecule has 0 saturated carbocycles. The van der Waals surface area contributed by atoms with Crippen LogP contribution in [0.1, 0.15) is 5.56 Å². The van der Waals surface area contributed by atoms with Crippen LogP contribution in [-0.2, 0) is 0 Å². The zero-order chi connectivity index (χ0) is 21.9. The van der Waals surface area contributed by atoms with E-state index in [-0.39, 0.29) is 0 Å². The fourth-order valence-corrected chi connectivity index (χ4v) is 3.46. The number of nitrogens with one attached hydrogen (secondary N) is 1. The molecule has 32 heavy (non-hydrogen) atoms. The van der Waals surface area contributed by atoms with E-state index in [1.165, 1.54) is 0 Å². The standard InChI is InChI=1S/C25H17ClN4O2/c26-19-10-12-20(13-11-19)28-27-15-18-16-30(21-7-2-1-3-8-21)29-24(18)22-14-17-6-4-5-9-23(17)32-25(22)31/h1-16,28H/b27-15+. The van der Waals surface area contributed by atoms with E-state index in [0.717, 1.165) is 16.8 Å². The molecular formula is C25H17ClN4O2. The van der Waals surface area contributed by atoms with Crippen LogP contribution in [0.25, 0.3) is 27.9 Å². The molecule has 0 amide bonds. The molecule has 0 saturated heterocycles. The van der Waals surface area contributed by atoms with Crippen LogP contribution in [0, 0.1) is 0 Å². The Labute approximate surface area is 188 Å². The van der Waals surface area contributed by atoms with Gasteiger partial charge in [-0.15, -0.1) is 0 Å². The number of nitrogens with zero attached hydrogens (tertiary/aromatic N) is 3. The minimum atomic E-state index is -0.456. The van der Waals surface area contributed by atoms with E-state index in [1.54, 1.807) is 35.2 Å². The van der Waals surface area contributed by atoms with E-state index >= 15 is 0 Å². The Morgan fingerprint density at radius 2 is 1.72 bits per heavy atom. The Morgan fingerprint density at radius 3 is 2.53 bits per heavy atom. The largest absolute Gasteiger partial charge is 0.422 e. The summed E-state index contributed by atoms with van der Waals surface area (Å²) in [6, 6.07) is 26.0. The maximum atomic E-state index is 12.8. The number of halogens is 1. The molecule has 0 aliphatic carbocycles. The van der Waals surface area contributed by atoms with Crippen molar-refractivity contribution in [2.24, 2.45) is 5.10 Å². The Morgan fingerprint density at radius 1 is 0.969 bits per heavy atom. The lowest BCUT2D eigenvalue weighted by Crippen LogP contribution is -2.05. The number of para-hydroxylation sites is 2. The summed E-state index contributed by atoms with van der Waals surface area (Å²) in [6.45, 7) is 0. The lowest BCUT2D eigenvalue weighted by atomic mass is 10.1. The lowest BCUT2D eigenvalue weighted by molar-refractivity contribution is 0.563. The molecule has 7 heteroatoms. The van der Waals surface area contributed by atoms with Crippen molar-refractivity contribution in [2.45, 2.75) is 0 Å². The first-order valence-electron chi connectivity index (χ1n) is 9.90. The summed E-state index contributed by atoms with van der Waals surface area (Å²) < 4.78 is 7.24. The Hall–Kier alpha value is -4.16. The van der Waals surface area contributed by atoms with Gasteiger partial charge in [-0.25, -0.2) is 9.48 Å². The van der Waals surface area contributed by atoms with Crippen molar-refractivity contribution in [3.8, 4) is 16.9 Å². The molecule has 156 valence electrons. The first-order chi connectivity index (χ1) is 15.7. The fourth-order valence-electron chi connectivity index (χ4n) is 3.33. The third kappa shape index (κ3) is 4.04. The van der Waals surface area contributed by atoms with Gasteiger partial charge in [0.2, 0.25) is 0 Å². The molecule has 0 aliphatic heterocycles. The first-order valence-corrected chi connectivity index (χ1v) is 10.3. The van der Waals surface area contributed by atoms with Crippen LogP contribution >= 0.6 is 11.6 Å². The van der Waals surface area contributed by atoms with Crippen LogP contribution in [0.15, 0.2) is 105 Å². The number of hydrazone groups is 1. The summed E-state index contributed by atoms with van der Waals surface area (Å²) >= 11 is 5.93. The van der Waals surface area contributed by atoms with Crippen molar-refractivity contribution in [1.82, 2.24) is 9.78 Å². The molecular weight excluding hydrogens is 424 g/mol. The normalized spacial score (nSPS) is 11.3. The molecule has 0 unspecified atom stereocenters. The second-order valence-corrected chi connectivity index (χ2v) is 7.51. The van der Waals surface area contributed by atoms with Crippen LogP contribution < -0.4 is 11.1 Å². The van der Waals surface area contributed by atoms with Gasteiger partial charge in [-0.3, -0.25) is 5.43 Å². The Balaban J connectivity index is 1.58. The lowest BCUT2D eigenvalue weighted by Gasteiger charge is -2.02. The summed E-state index contributed by atoms with van der Waals surface area (Å²) in [6.07, 6.45) is 3.46. The maximum absolute atomic E-state index is 12.8. The molecule has 2 aromatic heterocycles. The van der Waals surface area contributed by atoms with Crippen molar-refractivity contribution in [3.05, 3.63) is 112 Å². The molecule has 0 aliphatic rings. The third-order valence-corrected chi connectivity index (χ3v) is 5.15. The van der Waals surface area contributed by atoms with Gasteiger partial charge in [0.05, 0.1) is 23.2 Å². The first kappa shape index (κ1) is 19.8. The second-order valence-electron chi connectivity index (χ2n) is 7.08. The van der Waals surface area contributed by atoms with Crippen molar-refractivity contribution in [1.29, 1.82) is 0 Å². The van der Waals surface area contributed by atoms with E-state index in [2.05, 4.69) is 15.6 Å². The number of aromatic nitrogens is 2. The Bertz CT molecular complexity index is 1470. The summed E-state index contributed by atoms with van der Waals surface area (Å²) in [7, 11) is 0. The molecule has 5 aromatic rings. The zero-order valence-electron chi connectivity index (χ0n) is 16.8. The fraction of sp³-hybridized carbons (Fsp3) is 0. The molecule has 1 N–H and O–H groups in total. The van der Waals surface area contributed by atoms with Crippen LogP contribution in [0.3, 0.4) is 0 Å². The topological polar surface area (TPSA) is 72.4 Å². The zero-order valence-corrected chi connectivity index (χ0v) is 17.5. The summed E-state index contributed by atoms with van der Waals surface area (Å²) in [5, 5.41) is 10.5. The van der Waals surface area contributed by atoms with E-state index in [9.17, 15) is 4.79 Å². The summed E-state index contributed by atoms with van der Waals surface area (Å²) in [4.78, 5) is 12.8. The van der Waals surface area contributed by atoms with Gasteiger partial charge in [-0.05, 0) is 48.5 Å². The quantitative estimate of drug-likeness (QED) is 0.215. The minimum Gasteiger partial charge on any atom is -0.422 e. The predicted molar refractivity (Wildman–Crippen MR) is 128 cm³/mol. The number of anilines is 1. The summed E-state index contributed by atoms with van der Waals surface area (Å²) in [5.74, 6) is 0. The van der Waals surface area contributed by atoms with Crippen molar-refractivity contribution >= 4 is 34.5 Å². The van der Waals surface area contributed by atoms with Crippen molar-refractivity contribution in [3.63, 3.8) is 0 Å². The number of hydrogen-bond acceptors (Lipinski definition) is 5. The molecule has 3 aromatic carbocycles. The van der Waals surface area contributed by atoms with Crippen LogP contribution in [0.5, 0.6) is 0 Å². The second kappa shape index (κ2) is 8.53. The summed E-state index contributed by atoms with van der Waals surface area (Å²) in [5.41, 5.74) is 6.20. The Kier molecular flexibility index (Phi) is 5.27. The molecule has 0 fully saturated rings. The highest BCUT2D eigenvalue weighted by molar-refractivity contribution is 6.30.